The molecule has 0 spiro atoms. The number of hydrogen-bond acceptors (Lipinski definition) is 9. The van der Waals surface area contributed by atoms with Crippen molar-refractivity contribution < 1.29 is 4.74 Å². The number of rotatable bonds is 7. The summed E-state index contributed by atoms with van der Waals surface area (Å²) >= 11 is 1.57. The summed E-state index contributed by atoms with van der Waals surface area (Å²) in [5.41, 5.74) is 0.723. The lowest BCUT2D eigenvalue weighted by atomic mass is 10.1. The van der Waals surface area contributed by atoms with Crippen LogP contribution in [0.3, 0.4) is 0 Å². The van der Waals surface area contributed by atoms with E-state index in [4.69, 9.17) is 4.74 Å². The molecule has 3 aromatic rings. The van der Waals surface area contributed by atoms with Gasteiger partial charge in [-0.1, -0.05) is 0 Å². The number of thiophene rings is 1. The van der Waals surface area contributed by atoms with E-state index < -0.39 is 0 Å². The number of methoxy groups -OCH3 is 1. The summed E-state index contributed by atoms with van der Waals surface area (Å²) in [5, 5.41) is 31.7. The van der Waals surface area contributed by atoms with Crippen molar-refractivity contribution in [1.82, 2.24) is 45.7 Å². The molecular formula is C15H23N9OS. The van der Waals surface area contributed by atoms with Crippen molar-refractivity contribution in [2.45, 2.75) is 52.4 Å². The van der Waals surface area contributed by atoms with E-state index in [1.807, 2.05) is 22.4 Å². The summed E-state index contributed by atoms with van der Waals surface area (Å²) in [4.78, 5) is 0. The largest absolute Gasteiger partial charge is 0.496 e. The van der Waals surface area contributed by atoms with Gasteiger partial charge in [-0.2, -0.15) is 0 Å². The molecule has 3 rings (SSSR count). The van der Waals surface area contributed by atoms with Gasteiger partial charge in [0.25, 0.3) is 0 Å². The third-order valence-corrected chi connectivity index (χ3v) is 4.68. The van der Waals surface area contributed by atoms with Crippen molar-refractivity contribution in [2.24, 2.45) is 0 Å². The fourth-order valence-electron chi connectivity index (χ4n) is 2.65. The third kappa shape index (κ3) is 3.58. The topological polar surface area (TPSA) is 108 Å². The van der Waals surface area contributed by atoms with Crippen LogP contribution in [0.1, 0.15) is 50.9 Å². The molecule has 0 saturated carbocycles. The van der Waals surface area contributed by atoms with Gasteiger partial charge in [0.2, 0.25) is 0 Å². The zero-order valence-electron chi connectivity index (χ0n) is 15.5. The Morgan fingerprint density at radius 2 is 1.96 bits per heavy atom. The maximum absolute atomic E-state index is 5.52. The highest BCUT2D eigenvalue weighted by atomic mass is 32.1. The van der Waals surface area contributed by atoms with Gasteiger partial charge in [0.05, 0.1) is 25.2 Å². The molecule has 1 N–H and O–H groups in total. The summed E-state index contributed by atoms with van der Waals surface area (Å²) in [6.07, 6.45) is 0. The normalized spacial score (nSPS) is 13.1. The highest BCUT2D eigenvalue weighted by molar-refractivity contribution is 7.08. The first-order valence-electron chi connectivity index (χ1n) is 8.33. The SMILES string of the molecule is CCn1nnnc1CNC(c1cscc1OC)c1nnnn1C(C)(C)C. The lowest BCUT2D eigenvalue weighted by Crippen LogP contribution is -2.32. The predicted molar refractivity (Wildman–Crippen MR) is 95.9 cm³/mol. The van der Waals surface area contributed by atoms with Crippen molar-refractivity contribution >= 4 is 11.3 Å². The van der Waals surface area contributed by atoms with Gasteiger partial charge in [-0.25, -0.2) is 9.36 Å². The van der Waals surface area contributed by atoms with E-state index in [2.05, 4.69) is 57.1 Å². The minimum atomic E-state index is -0.257. The van der Waals surface area contributed by atoms with E-state index in [-0.39, 0.29) is 11.6 Å². The smallest absolute Gasteiger partial charge is 0.173 e. The number of ether oxygens (including phenoxy) is 1. The molecule has 26 heavy (non-hydrogen) atoms. The number of nitrogens with zero attached hydrogens (tertiary/aromatic N) is 8. The van der Waals surface area contributed by atoms with E-state index in [0.29, 0.717) is 18.9 Å². The van der Waals surface area contributed by atoms with Crippen molar-refractivity contribution in [2.75, 3.05) is 7.11 Å². The fourth-order valence-corrected chi connectivity index (χ4v) is 3.48. The van der Waals surface area contributed by atoms with Crippen LogP contribution in [0.4, 0.5) is 0 Å². The van der Waals surface area contributed by atoms with Crippen LogP contribution in [-0.2, 0) is 18.6 Å². The number of aromatic nitrogens is 8. The Morgan fingerprint density at radius 3 is 2.65 bits per heavy atom. The first-order chi connectivity index (χ1) is 12.5. The average molecular weight is 377 g/mol. The molecule has 140 valence electrons. The number of nitrogens with one attached hydrogen (secondary N) is 1. The first kappa shape index (κ1) is 18.4. The van der Waals surface area contributed by atoms with Crippen LogP contribution in [0.15, 0.2) is 10.8 Å². The molecule has 0 amide bonds. The third-order valence-electron chi connectivity index (χ3n) is 3.94. The predicted octanol–water partition coefficient (Wildman–Crippen LogP) is 1.38. The Kier molecular flexibility index (Phi) is 5.28. The Labute approximate surface area is 155 Å². The molecule has 0 saturated heterocycles. The quantitative estimate of drug-likeness (QED) is 0.658. The molecular weight excluding hydrogens is 354 g/mol. The van der Waals surface area contributed by atoms with Gasteiger partial charge in [-0.05, 0) is 53.9 Å². The second-order valence-electron chi connectivity index (χ2n) is 6.74. The van der Waals surface area contributed by atoms with Crippen molar-refractivity contribution in [3.05, 3.63) is 28.0 Å². The molecule has 10 nitrogen and oxygen atoms in total. The molecule has 0 bridgehead atoms. The molecule has 0 aliphatic heterocycles. The maximum atomic E-state index is 5.52. The molecule has 0 aliphatic carbocycles. The second kappa shape index (κ2) is 7.46. The lowest BCUT2D eigenvalue weighted by Gasteiger charge is -2.24. The van der Waals surface area contributed by atoms with Crippen molar-refractivity contribution in [1.29, 1.82) is 0 Å². The van der Waals surface area contributed by atoms with E-state index >= 15 is 0 Å². The standard InChI is InChI=1S/C15H23N9OS/c1-6-23-12(17-19-21-23)7-16-13(10-8-26-9-11(10)25-5)14-18-20-22-24(14)15(2,3)4/h8-9,13,16H,6-7H2,1-5H3. The molecule has 3 heterocycles. The highest BCUT2D eigenvalue weighted by Crippen LogP contribution is 2.33. The summed E-state index contributed by atoms with van der Waals surface area (Å²) in [7, 11) is 1.66. The molecule has 0 aliphatic rings. The minimum Gasteiger partial charge on any atom is -0.496 e. The number of hydrogen-bond donors (Lipinski definition) is 1. The monoisotopic (exact) mass is 377 g/mol. The molecule has 0 aromatic carbocycles. The zero-order chi connectivity index (χ0) is 18.7. The van der Waals surface area contributed by atoms with Gasteiger partial charge in [0.1, 0.15) is 5.75 Å². The highest BCUT2D eigenvalue weighted by Gasteiger charge is 2.29. The molecule has 0 fully saturated rings. The molecule has 11 heteroatoms. The van der Waals surface area contributed by atoms with E-state index in [1.54, 1.807) is 23.1 Å². The molecule has 3 aromatic heterocycles. The Hall–Kier alpha value is -2.40. The Balaban J connectivity index is 1.97. The lowest BCUT2D eigenvalue weighted by molar-refractivity contribution is 0.322. The molecule has 0 radical (unpaired) electrons. The van der Waals surface area contributed by atoms with Crippen molar-refractivity contribution in [3.63, 3.8) is 0 Å². The number of tetrazole rings is 2. The summed E-state index contributed by atoms with van der Waals surface area (Å²) in [5.74, 6) is 2.26. The van der Waals surface area contributed by atoms with Crippen molar-refractivity contribution in [3.8, 4) is 5.75 Å². The van der Waals surface area contributed by atoms with Gasteiger partial charge < -0.3 is 4.74 Å². The van der Waals surface area contributed by atoms with Crippen LogP contribution in [0, 0.1) is 0 Å². The van der Waals surface area contributed by atoms with Crippen LogP contribution in [0.25, 0.3) is 0 Å². The van der Waals surface area contributed by atoms with Crippen LogP contribution in [0.2, 0.25) is 0 Å². The molecule has 1 unspecified atom stereocenters. The fraction of sp³-hybridized carbons (Fsp3) is 0.600. The van der Waals surface area contributed by atoms with Gasteiger partial charge >= 0.3 is 0 Å². The van der Waals surface area contributed by atoms with Gasteiger partial charge in [0, 0.05) is 17.5 Å². The summed E-state index contributed by atoms with van der Waals surface area (Å²) in [6.45, 7) is 9.36. The number of aryl methyl sites for hydroxylation is 1. The van der Waals surface area contributed by atoms with Crippen LogP contribution in [0.5, 0.6) is 5.75 Å². The maximum Gasteiger partial charge on any atom is 0.173 e. The van der Waals surface area contributed by atoms with E-state index in [0.717, 1.165) is 17.1 Å². The van der Waals surface area contributed by atoms with E-state index in [1.165, 1.54) is 0 Å². The minimum absolute atomic E-state index is 0.257. The Morgan fingerprint density at radius 1 is 1.19 bits per heavy atom. The summed E-state index contributed by atoms with van der Waals surface area (Å²) in [6, 6.07) is -0.257. The summed E-state index contributed by atoms with van der Waals surface area (Å²) < 4.78 is 9.09. The zero-order valence-corrected chi connectivity index (χ0v) is 16.4. The van der Waals surface area contributed by atoms with Gasteiger partial charge in [-0.15, -0.1) is 21.5 Å². The average Bonchev–Trinajstić information content (AvgIpc) is 3.34. The Bertz CT molecular complexity index is 847. The molecule has 1 atom stereocenters. The van der Waals surface area contributed by atoms with E-state index in [9.17, 15) is 0 Å². The van der Waals surface area contributed by atoms with Crippen LogP contribution < -0.4 is 10.1 Å². The van der Waals surface area contributed by atoms with Gasteiger partial charge in [0.15, 0.2) is 11.6 Å². The second-order valence-corrected chi connectivity index (χ2v) is 7.48. The van der Waals surface area contributed by atoms with Crippen LogP contribution in [-0.4, -0.2) is 47.5 Å². The van der Waals surface area contributed by atoms with Crippen LogP contribution >= 0.6 is 11.3 Å². The first-order valence-corrected chi connectivity index (χ1v) is 9.27. The van der Waals surface area contributed by atoms with Gasteiger partial charge in [-0.3, -0.25) is 5.32 Å².